The zero-order valence-electron chi connectivity index (χ0n) is 13.2. The Morgan fingerprint density at radius 2 is 1.75 bits per heavy atom. The Balaban J connectivity index is 1.93. The number of fused-ring (bicyclic) bond motifs is 4. The Bertz CT molecular complexity index is 967. The van der Waals surface area contributed by atoms with Crippen molar-refractivity contribution >= 4 is 27.2 Å². The highest BCUT2D eigenvalue weighted by Crippen LogP contribution is 2.34. The Hall–Kier alpha value is -2.64. The molecule has 0 radical (unpaired) electrons. The van der Waals surface area contributed by atoms with E-state index < -0.39 is 0 Å². The van der Waals surface area contributed by atoms with Gasteiger partial charge in [-0.2, -0.15) is 5.26 Å². The van der Waals surface area contributed by atoms with Gasteiger partial charge in [0.05, 0.1) is 4.88 Å². The Labute approximate surface area is 144 Å². The molecule has 4 heteroatoms. The molecule has 0 aliphatic carbocycles. The fourth-order valence-electron chi connectivity index (χ4n) is 3.33. The number of rotatable bonds is 0. The van der Waals surface area contributed by atoms with Gasteiger partial charge in [-0.05, 0) is 35.4 Å². The number of hydrogen-bond donors (Lipinski definition) is 0. The average Bonchev–Trinajstić information content (AvgIpc) is 3.00. The minimum Gasteiger partial charge on any atom is -0.310 e. The lowest BCUT2D eigenvalue weighted by Gasteiger charge is -2.19. The Kier molecular flexibility index (Phi) is 3.79. The van der Waals surface area contributed by atoms with Gasteiger partial charge in [0.15, 0.2) is 6.19 Å². The number of nitrogens with zero attached hydrogens (tertiary/aromatic N) is 2. The summed E-state index contributed by atoms with van der Waals surface area (Å²) in [5.41, 5.74) is 2.87. The molecule has 4 rings (SSSR count). The molecule has 0 amide bonds. The van der Waals surface area contributed by atoms with E-state index in [1.807, 2.05) is 36.4 Å². The summed E-state index contributed by atoms with van der Waals surface area (Å²) >= 11 is 1.57. The molecule has 0 N–H and O–H groups in total. The number of benzene rings is 2. The third-order valence-corrected chi connectivity index (χ3v) is 5.80. The molecule has 2 heterocycles. The fourth-order valence-corrected chi connectivity index (χ4v) is 4.53. The van der Waals surface area contributed by atoms with Crippen LogP contribution >= 0.6 is 11.3 Å². The van der Waals surface area contributed by atoms with E-state index in [0.29, 0.717) is 13.1 Å². The van der Waals surface area contributed by atoms with Crippen LogP contribution in [0.1, 0.15) is 26.4 Å². The van der Waals surface area contributed by atoms with Crippen LogP contribution in [-0.2, 0) is 12.8 Å². The molecule has 0 saturated carbocycles. The maximum atomic E-state index is 13.2. The zero-order chi connectivity index (χ0) is 16.5. The summed E-state index contributed by atoms with van der Waals surface area (Å²) in [4.78, 5) is 15.8. The van der Waals surface area contributed by atoms with Crippen molar-refractivity contribution in [3.05, 3.63) is 70.1 Å². The molecule has 0 spiro atoms. The highest BCUT2D eigenvalue weighted by atomic mass is 32.1. The molecule has 118 valence electrons. The monoisotopic (exact) mass is 332 g/mol. The summed E-state index contributed by atoms with van der Waals surface area (Å²) < 4.78 is 1.14. The molecule has 24 heavy (non-hydrogen) atoms. The molecule has 3 aromatic rings. The maximum absolute atomic E-state index is 13.2. The first-order valence-electron chi connectivity index (χ1n) is 8.05. The molecule has 1 aromatic heterocycles. The van der Waals surface area contributed by atoms with E-state index in [1.165, 1.54) is 0 Å². The second-order valence-electron chi connectivity index (χ2n) is 5.98. The van der Waals surface area contributed by atoms with Gasteiger partial charge in [-0.15, -0.1) is 11.3 Å². The second-order valence-corrected chi connectivity index (χ2v) is 7.03. The molecule has 0 atom stereocenters. The van der Waals surface area contributed by atoms with Crippen LogP contribution in [0.5, 0.6) is 0 Å². The Morgan fingerprint density at radius 3 is 2.62 bits per heavy atom. The first-order valence-corrected chi connectivity index (χ1v) is 8.87. The van der Waals surface area contributed by atoms with Gasteiger partial charge in [-0.1, -0.05) is 42.5 Å². The van der Waals surface area contributed by atoms with Crippen molar-refractivity contribution in [1.82, 2.24) is 4.90 Å². The first-order chi connectivity index (χ1) is 11.8. The SMILES string of the molecule is N#CN1CCc2ccccc2C(=O)c2sc3ccccc3c2CC1. The number of carbonyl (C=O) groups excluding carboxylic acids is 1. The van der Waals surface area contributed by atoms with Gasteiger partial charge in [0.25, 0.3) is 0 Å². The molecule has 0 unspecified atom stereocenters. The molecule has 0 bridgehead atoms. The van der Waals surface area contributed by atoms with Gasteiger partial charge in [-0.3, -0.25) is 4.79 Å². The second kappa shape index (κ2) is 6.10. The van der Waals surface area contributed by atoms with Gasteiger partial charge in [0.2, 0.25) is 5.78 Å². The molecular weight excluding hydrogens is 316 g/mol. The lowest BCUT2D eigenvalue weighted by Crippen LogP contribution is -2.25. The van der Waals surface area contributed by atoms with Gasteiger partial charge in [0.1, 0.15) is 0 Å². The maximum Gasteiger partial charge on any atom is 0.203 e. The van der Waals surface area contributed by atoms with Crippen molar-refractivity contribution in [1.29, 1.82) is 5.26 Å². The van der Waals surface area contributed by atoms with E-state index >= 15 is 0 Å². The van der Waals surface area contributed by atoms with E-state index in [1.54, 1.807) is 16.2 Å². The van der Waals surface area contributed by atoms with Crippen molar-refractivity contribution in [2.75, 3.05) is 13.1 Å². The smallest absolute Gasteiger partial charge is 0.203 e. The van der Waals surface area contributed by atoms with Crippen LogP contribution in [0, 0.1) is 11.5 Å². The first kappa shape index (κ1) is 14.9. The van der Waals surface area contributed by atoms with Crippen LogP contribution in [0.15, 0.2) is 48.5 Å². The summed E-state index contributed by atoms with van der Waals surface area (Å²) in [5.74, 6) is 0.118. The number of ketones is 1. The van der Waals surface area contributed by atoms with Crippen LogP contribution in [0.25, 0.3) is 10.1 Å². The summed E-state index contributed by atoms with van der Waals surface area (Å²) in [6.07, 6.45) is 3.73. The Morgan fingerprint density at radius 1 is 1.00 bits per heavy atom. The van der Waals surface area contributed by atoms with Crippen molar-refractivity contribution in [2.45, 2.75) is 12.8 Å². The van der Waals surface area contributed by atoms with E-state index in [2.05, 4.69) is 18.3 Å². The van der Waals surface area contributed by atoms with Crippen molar-refractivity contribution in [2.24, 2.45) is 0 Å². The van der Waals surface area contributed by atoms with Gasteiger partial charge in [0, 0.05) is 23.4 Å². The molecular formula is C20H16N2OS. The summed E-state index contributed by atoms with van der Waals surface area (Å²) in [6, 6.07) is 15.9. The number of hydrogen-bond acceptors (Lipinski definition) is 4. The molecule has 1 aliphatic heterocycles. The summed E-state index contributed by atoms with van der Waals surface area (Å²) in [7, 11) is 0. The zero-order valence-corrected chi connectivity index (χ0v) is 14.0. The van der Waals surface area contributed by atoms with Gasteiger partial charge >= 0.3 is 0 Å². The van der Waals surface area contributed by atoms with Gasteiger partial charge < -0.3 is 4.90 Å². The predicted octanol–water partition coefficient (Wildman–Crippen LogP) is 4.01. The van der Waals surface area contributed by atoms with E-state index in [-0.39, 0.29) is 5.78 Å². The lowest BCUT2D eigenvalue weighted by atomic mass is 9.96. The van der Waals surface area contributed by atoms with E-state index in [0.717, 1.165) is 44.5 Å². The van der Waals surface area contributed by atoms with Crippen molar-refractivity contribution in [3.63, 3.8) is 0 Å². The molecule has 2 aromatic carbocycles. The normalized spacial score (nSPS) is 14.8. The van der Waals surface area contributed by atoms with Crippen LogP contribution in [0.2, 0.25) is 0 Å². The largest absolute Gasteiger partial charge is 0.310 e. The number of carbonyl (C=O) groups is 1. The summed E-state index contributed by atoms with van der Waals surface area (Å²) in [5, 5.41) is 10.5. The van der Waals surface area contributed by atoms with E-state index in [4.69, 9.17) is 0 Å². The minimum absolute atomic E-state index is 0.118. The number of thiophene rings is 1. The summed E-state index contributed by atoms with van der Waals surface area (Å²) in [6.45, 7) is 1.30. The topological polar surface area (TPSA) is 44.1 Å². The fraction of sp³-hybridized carbons (Fsp3) is 0.200. The minimum atomic E-state index is 0.118. The van der Waals surface area contributed by atoms with Crippen LogP contribution in [0.4, 0.5) is 0 Å². The highest BCUT2D eigenvalue weighted by molar-refractivity contribution is 7.21. The quantitative estimate of drug-likeness (QED) is 0.584. The third kappa shape index (κ3) is 2.47. The van der Waals surface area contributed by atoms with Crippen LogP contribution in [-0.4, -0.2) is 23.8 Å². The van der Waals surface area contributed by atoms with Crippen LogP contribution in [0.3, 0.4) is 0 Å². The molecule has 0 saturated heterocycles. The standard InChI is InChI=1S/C20H16N2OS/c21-13-22-11-9-14-5-1-2-6-15(14)19(23)20-17(10-12-22)16-7-3-4-8-18(16)24-20/h1-8H,9-12H2. The van der Waals surface area contributed by atoms with Gasteiger partial charge in [-0.25, -0.2) is 0 Å². The third-order valence-electron chi connectivity index (χ3n) is 4.59. The van der Waals surface area contributed by atoms with Crippen molar-refractivity contribution in [3.8, 4) is 6.19 Å². The average molecular weight is 332 g/mol. The molecule has 1 aliphatic rings. The lowest BCUT2D eigenvalue weighted by molar-refractivity contribution is 0.104. The number of nitriles is 1. The predicted molar refractivity (Wildman–Crippen MR) is 96.3 cm³/mol. The molecule has 3 nitrogen and oxygen atoms in total. The molecule has 0 fully saturated rings. The van der Waals surface area contributed by atoms with Crippen LogP contribution < -0.4 is 0 Å². The van der Waals surface area contributed by atoms with Crippen molar-refractivity contribution < 1.29 is 4.79 Å². The van der Waals surface area contributed by atoms with E-state index in [9.17, 15) is 10.1 Å². The highest BCUT2D eigenvalue weighted by Gasteiger charge is 2.23.